The number of likely N-dealkylation sites (tertiary alicyclic amines) is 1. The first kappa shape index (κ1) is 15.4. The van der Waals surface area contributed by atoms with E-state index < -0.39 is 0 Å². The summed E-state index contributed by atoms with van der Waals surface area (Å²) in [4.78, 5) is 15.8. The molecule has 0 radical (unpaired) electrons. The van der Waals surface area contributed by atoms with Crippen molar-refractivity contribution in [3.05, 3.63) is 27.4 Å². The standard InChI is InChI=1S/C14H19N5OS2/c1-10-17-18-14(22-10)16-13(20)15-9-11(12-5-4-8-21-12)19-6-2-3-7-19/h4-5,8,11H,2-3,6-7,9H2,1H3,(H2,15,16,18,20)/t11-/m0/s1. The van der Waals surface area contributed by atoms with E-state index in [-0.39, 0.29) is 12.1 Å². The fourth-order valence-corrected chi connectivity index (χ4v) is 4.07. The molecule has 1 aliphatic heterocycles. The van der Waals surface area contributed by atoms with Crippen molar-refractivity contribution in [3.8, 4) is 0 Å². The van der Waals surface area contributed by atoms with Crippen LogP contribution in [0.5, 0.6) is 0 Å². The molecular formula is C14H19N5OS2. The summed E-state index contributed by atoms with van der Waals surface area (Å²) in [5.41, 5.74) is 0. The Morgan fingerprint density at radius 1 is 1.41 bits per heavy atom. The van der Waals surface area contributed by atoms with Crippen LogP contribution in [-0.4, -0.2) is 40.8 Å². The molecule has 0 bridgehead atoms. The molecular weight excluding hydrogens is 318 g/mol. The Hall–Kier alpha value is -1.51. The average Bonchev–Trinajstić information content (AvgIpc) is 3.22. The number of aromatic nitrogens is 2. The smallest absolute Gasteiger partial charge is 0.321 e. The van der Waals surface area contributed by atoms with Crippen LogP contribution in [0.4, 0.5) is 9.93 Å². The summed E-state index contributed by atoms with van der Waals surface area (Å²) < 4.78 is 0. The first-order valence-corrected chi connectivity index (χ1v) is 9.04. The van der Waals surface area contributed by atoms with Crippen molar-refractivity contribution in [2.75, 3.05) is 25.0 Å². The Morgan fingerprint density at radius 2 is 2.23 bits per heavy atom. The van der Waals surface area contributed by atoms with E-state index in [1.165, 1.54) is 29.1 Å². The number of urea groups is 1. The minimum Gasteiger partial charge on any atom is -0.336 e. The average molecular weight is 337 g/mol. The van der Waals surface area contributed by atoms with Crippen molar-refractivity contribution in [1.29, 1.82) is 0 Å². The predicted octanol–water partition coefficient (Wildman–Crippen LogP) is 2.87. The molecule has 0 aliphatic carbocycles. The predicted molar refractivity (Wildman–Crippen MR) is 89.5 cm³/mol. The number of aryl methyl sites for hydroxylation is 1. The lowest BCUT2D eigenvalue weighted by molar-refractivity contribution is 0.229. The monoisotopic (exact) mass is 337 g/mol. The molecule has 2 amide bonds. The number of amides is 2. The van der Waals surface area contributed by atoms with E-state index in [0.717, 1.165) is 18.1 Å². The van der Waals surface area contributed by atoms with Gasteiger partial charge in [0.05, 0.1) is 6.04 Å². The van der Waals surface area contributed by atoms with Crippen LogP contribution in [0, 0.1) is 6.92 Å². The van der Waals surface area contributed by atoms with Gasteiger partial charge in [-0.3, -0.25) is 10.2 Å². The number of carbonyl (C=O) groups excluding carboxylic acids is 1. The first-order valence-electron chi connectivity index (χ1n) is 7.35. The largest absolute Gasteiger partial charge is 0.336 e. The Balaban J connectivity index is 1.57. The summed E-state index contributed by atoms with van der Waals surface area (Å²) in [6.07, 6.45) is 2.47. The molecule has 0 spiro atoms. The number of rotatable bonds is 5. The number of thiophene rings is 1. The molecule has 1 fully saturated rings. The second-order valence-corrected chi connectivity index (χ2v) is 7.40. The highest BCUT2D eigenvalue weighted by Crippen LogP contribution is 2.27. The zero-order chi connectivity index (χ0) is 15.4. The normalized spacial score (nSPS) is 16.6. The van der Waals surface area contributed by atoms with E-state index in [1.54, 1.807) is 11.3 Å². The van der Waals surface area contributed by atoms with Gasteiger partial charge in [0.15, 0.2) is 0 Å². The zero-order valence-corrected chi connectivity index (χ0v) is 14.0. The molecule has 118 valence electrons. The summed E-state index contributed by atoms with van der Waals surface area (Å²) in [7, 11) is 0. The number of nitrogens with one attached hydrogen (secondary N) is 2. The molecule has 3 rings (SSSR count). The van der Waals surface area contributed by atoms with Gasteiger partial charge in [0, 0.05) is 11.4 Å². The highest BCUT2D eigenvalue weighted by molar-refractivity contribution is 7.15. The molecule has 2 aromatic heterocycles. The molecule has 0 aromatic carbocycles. The van der Waals surface area contributed by atoms with Gasteiger partial charge < -0.3 is 5.32 Å². The topological polar surface area (TPSA) is 70.1 Å². The van der Waals surface area contributed by atoms with Crippen molar-refractivity contribution in [2.24, 2.45) is 0 Å². The van der Waals surface area contributed by atoms with Gasteiger partial charge in [0.25, 0.3) is 0 Å². The molecule has 1 atom stereocenters. The van der Waals surface area contributed by atoms with Gasteiger partial charge in [-0.05, 0) is 44.3 Å². The molecule has 3 heterocycles. The maximum Gasteiger partial charge on any atom is 0.321 e. The third-order valence-electron chi connectivity index (χ3n) is 3.66. The van der Waals surface area contributed by atoms with E-state index in [9.17, 15) is 4.79 Å². The van der Waals surface area contributed by atoms with Crippen molar-refractivity contribution in [1.82, 2.24) is 20.4 Å². The summed E-state index contributed by atoms with van der Waals surface area (Å²) in [5, 5.41) is 16.9. The second-order valence-electron chi connectivity index (χ2n) is 5.24. The maximum atomic E-state index is 12.0. The van der Waals surface area contributed by atoms with Gasteiger partial charge in [0.1, 0.15) is 5.01 Å². The lowest BCUT2D eigenvalue weighted by atomic mass is 10.2. The van der Waals surface area contributed by atoms with E-state index in [4.69, 9.17) is 0 Å². The molecule has 0 unspecified atom stereocenters. The summed E-state index contributed by atoms with van der Waals surface area (Å²) in [6, 6.07) is 4.23. The van der Waals surface area contributed by atoms with Crippen LogP contribution in [0.3, 0.4) is 0 Å². The molecule has 0 saturated carbocycles. The minimum absolute atomic E-state index is 0.225. The zero-order valence-electron chi connectivity index (χ0n) is 12.4. The van der Waals surface area contributed by atoms with Gasteiger partial charge in [0.2, 0.25) is 5.13 Å². The van der Waals surface area contributed by atoms with Gasteiger partial charge in [-0.15, -0.1) is 21.5 Å². The summed E-state index contributed by atoms with van der Waals surface area (Å²) >= 11 is 3.11. The number of hydrogen-bond donors (Lipinski definition) is 2. The number of nitrogens with zero attached hydrogens (tertiary/aromatic N) is 3. The van der Waals surface area contributed by atoms with Gasteiger partial charge in [-0.25, -0.2) is 4.79 Å². The fraction of sp³-hybridized carbons (Fsp3) is 0.500. The number of anilines is 1. The van der Waals surface area contributed by atoms with E-state index in [0.29, 0.717) is 11.7 Å². The lowest BCUT2D eigenvalue weighted by Gasteiger charge is -2.26. The van der Waals surface area contributed by atoms with E-state index >= 15 is 0 Å². The van der Waals surface area contributed by atoms with E-state index in [1.807, 2.05) is 6.92 Å². The third kappa shape index (κ3) is 3.82. The van der Waals surface area contributed by atoms with Crippen molar-refractivity contribution in [2.45, 2.75) is 25.8 Å². The van der Waals surface area contributed by atoms with Crippen molar-refractivity contribution < 1.29 is 4.79 Å². The van der Waals surface area contributed by atoms with Crippen LogP contribution >= 0.6 is 22.7 Å². The van der Waals surface area contributed by atoms with Crippen LogP contribution in [0.15, 0.2) is 17.5 Å². The maximum absolute atomic E-state index is 12.0. The molecule has 1 saturated heterocycles. The molecule has 6 nitrogen and oxygen atoms in total. The summed E-state index contributed by atoms with van der Waals surface area (Å²) in [5.74, 6) is 0. The molecule has 2 aromatic rings. The van der Waals surface area contributed by atoms with Crippen LogP contribution in [0.1, 0.15) is 28.8 Å². The molecule has 2 N–H and O–H groups in total. The van der Waals surface area contributed by atoms with Crippen LogP contribution in [0.25, 0.3) is 0 Å². The Morgan fingerprint density at radius 3 is 2.86 bits per heavy atom. The number of carbonyl (C=O) groups is 1. The molecule has 1 aliphatic rings. The SMILES string of the molecule is Cc1nnc(NC(=O)NC[C@@H](c2cccs2)N2CCCC2)s1. The first-order chi connectivity index (χ1) is 10.7. The fourth-order valence-electron chi connectivity index (χ4n) is 2.62. The second kappa shape index (κ2) is 7.17. The quantitative estimate of drug-likeness (QED) is 0.880. The van der Waals surface area contributed by atoms with Crippen LogP contribution in [0.2, 0.25) is 0 Å². The third-order valence-corrected chi connectivity index (χ3v) is 5.38. The Labute approximate surface area is 137 Å². The van der Waals surface area contributed by atoms with Crippen molar-refractivity contribution in [3.63, 3.8) is 0 Å². The molecule has 8 heteroatoms. The van der Waals surface area contributed by atoms with Gasteiger partial charge in [-0.1, -0.05) is 17.4 Å². The van der Waals surface area contributed by atoms with Gasteiger partial charge >= 0.3 is 6.03 Å². The molecule has 22 heavy (non-hydrogen) atoms. The summed E-state index contributed by atoms with van der Waals surface area (Å²) in [6.45, 7) is 4.66. The minimum atomic E-state index is -0.225. The van der Waals surface area contributed by atoms with Crippen LogP contribution < -0.4 is 10.6 Å². The Kier molecular flexibility index (Phi) is 5.01. The van der Waals surface area contributed by atoms with Gasteiger partial charge in [-0.2, -0.15) is 0 Å². The van der Waals surface area contributed by atoms with Crippen molar-refractivity contribution >= 4 is 33.8 Å². The highest BCUT2D eigenvalue weighted by Gasteiger charge is 2.24. The highest BCUT2D eigenvalue weighted by atomic mass is 32.1. The van der Waals surface area contributed by atoms with Crippen LogP contribution in [-0.2, 0) is 0 Å². The lowest BCUT2D eigenvalue weighted by Crippen LogP contribution is -2.38. The van der Waals surface area contributed by atoms with E-state index in [2.05, 4.69) is 43.2 Å². The Bertz CT molecular complexity index is 607. The number of hydrogen-bond acceptors (Lipinski definition) is 6.